The average Bonchev–Trinajstić information content (AvgIpc) is 2.28. The highest BCUT2D eigenvalue weighted by atomic mass is 16.3. The Bertz CT molecular complexity index is 374. The predicted molar refractivity (Wildman–Crippen MR) is 64.2 cm³/mol. The van der Waals surface area contributed by atoms with Crippen LogP contribution in [0.4, 0.5) is 0 Å². The van der Waals surface area contributed by atoms with E-state index in [2.05, 4.69) is 5.32 Å². The van der Waals surface area contributed by atoms with Gasteiger partial charge in [-0.2, -0.15) is 0 Å². The molecule has 2 N–H and O–H groups in total. The van der Waals surface area contributed by atoms with Gasteiger partial charge in [-0.05, 0) is 31.4 Å². The van der Waals surface area contributed by atoms with Crippen LogP contribution in [0, 0.1) is 13.8 Å². The zero-order valence-electron chi connectivity index (χ0n) is 10.1. The molecule has 1 atom stereocenters. The number of nitrogens with one attached hydrogen (secondary N) is 1. The number of carbonyl (C=O) groups excluding carboxylic acids is 1. The molecule has 3 nitrogen and oxygen atoms in total. The lowest BCUT2D eigenvalue weighted by atomic mass is 9.98. The first-order valence-corrected chi connectivity index (χ1v) is 5.50. The van der Waals surface area contributed by atoms with E-state index in [4.69, 9.17) is 0 Å². The standard InChI is InChI=1S/C13H19NO2/c1-9-4-5-10(2)11(8-9)12(15)6-7-13(16)14-3/h4-5,8,12,15H,6-7H2,1-3H3,(H,14,16). The molecule has 1 aromatic carbocycles. The summed E-state index contributed by atoms with van der Waals surface area (Å²) in [5.41, 5.74) is 3.11. The van der Waals surface area contributed by atoms with Crippen molar-refractivity contribution in [1.29, 1.82) is 0 Å². The number of aliphatic hydroxyl groups excluding tert-OH is 1. The molecule has 0 aromatic heterocycles. The third-order valence-electron chi connectivity index (χ3n) is 2.72. The van der Waals surface area contributed by atoms with Gasteiger partial charge in [0.05, 0.1) is 6.10 Å². The summed E-state index contributed by atoms with van der Waals surface area (Å²) in [4.78, 5) is 11.1. The van der Waals surface area contributed by atoms with Crippen LogP contribution in [0.3, 0.4) is 0 Å². The molecule has 0 radical (unpaired) electrons. The van der Waals surface area contributed by atoms with Gasteiger partial charge in [0, 0.05) is 13.5 Å². The maximum absolute atomic E-state index is 11.1. The van der Waals surface area contributed by atoms with Gasteiger partial charge in [-0.15, -0.1) is 0 Å². The molecule has 0 heterocycles. The molecule has 1 aromatic rings. The van der Waals surface area contributed by atoms with E-state index in [-0.39, 0.29) is 5.91 Å². The first-order chi connectivity index (χ1) is 7.54. The Morgan fingerprint density at radius 1 is 1.44 bits per heavy atom. The topological polar surface area (TPSA) is 49.3 Å². The minimum absolute atomic E-state index is 0.0376. The SMILES string of the molecule is CNC(=O)CCC(O)c1cc(C)ccc1C. The molecule has 16 heavy (non-hydrogen) atoms. The first-order valence-electron chi connectivity index (χ1n) is 5.50. The second kappa shape index (κ2) is 5.66. The number of hydrogen-bond acceptors (Lipinski definition) is 2. The molecule has 0 saturated heterocycles. The van der Waals surface area contributed by atoms with E-state index in [0.29, 0.717) is 12.8 Å². The molecule has 0 spiro atoms. The Balaban J connectivity index is 2.68. The van der Waals surface area contributed by atoms with Crippen molar-refractivity contribution >= 4 is 5.91 Å². The molecule has 0 aliphatic rings. The molecule has 0 aliphatic heterocycles. The number of amides is 1. The summed E-state index contributed by atoms with van der Waals surface area (Å²) in [5.74, 6) is -0.0376. The van der Waals surface area contributed by atoms with Gasteiger partial charge in [0.2, 0.25) is 5.91 Å². The summed E-state index contributed by atoms with van der Waals surface area (Å²) in [5, 5.41) is 12.5. The Morgan fingerprint density at radius 2 is 2.12 bits per heavy atom. The van der Waals surface area contributed by atoms with E-state index in [1.165, 1.54) is 0 Å². The minimum atomic E-state index is -0.558. The largest absolute Gasteiger partial charge is 0.388 e. The molecule has 1 rings (SSSR count). The maximum atomic E-state index is 11.1. The normalized spacial score (nSPS) is 12.2. The van der Waals surface area contributed by atoms with Gasteiger partial charge in [-0.1, -0.05) is 23.8 Å². The smallest absolute Gasteiger partial charge is 0.219 e. The third kappa shape index (κ3) is 3.35. The van der Waals surface area contributed by atoms with Gasteiger partial charge in [0.15, 0.2) is 0 Å². The molecular weight excluding hydrogens is 202 g/mol. The van der Waals surface area contributed by atoms with Crippen molar-refractivity contribution < 1.29 is 9.90 Å². The lowest BCUT2D eigenvalue weighted by Crippen LogP contribution is -2.18. The zero-order chi connectivity index (χ0) is 12.1. The monoisotopic (exact) mass is 221 g/mol. The van der Waals surface area contributed by atoms with Crippen molar-refractivity contribution in [2.24, 2.45) is 0 Å². The van der Waals surface area contributed by atoms with Gasteiger partial charge >= 0.3 is 0 Å². The molecule has 1 unspecified atom stereocenters. The van der Waals surface area contributed by atoms with Crippen molar-refractivity contribution in [3.8, 4) is 0 Å². The van der Waals surface area contributed by atoms with Crippen molar-refractivity contribution in [1.82, 2.24) is 5.32 Å². The Labute approximate surface area is 96.5 Å². The van der Waals surface area contributed by atoms with Crippen LogP contribution in [0.25, 0.3) is 0 Å². The van der Waals surface area contributed by atoms with Crippen LogP contribution in [0.2, 0.25) is 0 Å². The molecule has 0 fully saturated rings. The molecule has 3 heteroatoms. The Morgan fingerprint density at radius 3 is 2.75 bits per heavy atom. The lowest BCUT2D eigenvalue weighted by molar-refractivity contribution is -0.121. The number of carbonyl (C=O) groups is 1. The van der Waals surface area contributed by atoms with Crippen LogP contribution >= 0.6 is 0 Å². The van der Waals surface area contributed by atoms with E-state index in [1.54, 1.807) is 7.05 Å². The highest BCUT2D eigenvalue weighted by Crippen LogP contribution is 2.22. The zero-order valence-corrected chi connectivity index (χ0v) is 10.1. The van der Waals surface area contributed by atoms with Crippen LogP contribution < -0.4 is 5.32 Å². The lowest BCUT2D eigenvalue weighted by Gasteiger charge is -2.14. The van der Waals surface area contributed by atoms with Gasteiger partial charge in [0.1, 0.15) is 0 Å². The highest BCUT2D eigenvalue weighted by Gasteiger charge is 2.12. The summed E-state index contributed by atoms with van der Waals surface area (Å²) >= 11 is 0. The van der Waals surface area contributed by atoms with Crippen molar-refractivity contribution in [2.45, 2.75) is 32.8 Å². The molecule has 88 valence electrons. The van der Waals surface area contributed by atoms with Crippen LogP contribution in [0.1, 0.15) is 35.6 Å². The second-order valence-corrected chi connectivity index (χ2v) is 4.09. The number of aliphatic hydroxyl groups is 1. The van der Waals surface area contributed by atoms with Crippen LogP contribution in [-0.2, 0) is 4.79 Å². The molecule has 0 aliphatic carbocycles. The van der Waals surface area contributed by atoms with Gasteiger partial charge in [-0.3, -0.25) is 4.79 Å². The number of benzene rings is 1. The molecule has 0 bridgehead atoms. The maximum Gasteiger partial charge on any atom is 0.219 e. The van der Waals surface area contributed by atoms with Crippen LogP contribution in [0.15, 0.2) is 18.2 Å². The van der Waals surface area contributed by atoms with E-state index in [1.807, 2.05) is 32.0 Å². The van der Waals surface area contributed by atoms with Crippen LogP contribution in [0.5, 0.6) is 0 Å². The summed E-state index contributed by atoms with van der Waals surface area (Å²) in [7, 11) is 1.60. The van der Waals surface area contributed by atoms with E-state index in [9.17, 15) is 9.90 Å². The van der Waals surface area contributed by atoms with E-state index in [0.717, 1.165) is 16.7 Å². The quantitative estimate of drug-likeness (QED) is 0.815. The number of rotatable bonds is 4. The third-order valence-corrected chi connectivity index (χ3v) is 2.72. The van der Waals surface area contributed by atoms with Gasteiger partial charge in [-0.25, -0.2) is 0 Å². The second-order valence-electron chi connectivity index (χ2n) is 4.09. The summed E-state index contributed by atoms with van der Waals surface area (Å²) in [6.45, 7) is 3.96. The Kier molecular flexibility index (Phi) is 4.50. The summed E-state index contributed by atoms with van der Waals surface area (Å²) in [6, 6.07) is 5.99. The number of hydrogen-bond donors (Lipinski definition) is 2. The highest BCUT2D eigenvalue weighted by molar-refractivity contribution is 5.75. The van der Waals surface area contributed by atoms with Crippen molar-refractivity contribution in [3.05, 3.63) is 34.9 Å². The molecule has 1 amide bonds. The van der Waals surface area contributed by atoms with Gasteiger partial charge < -0.3 is 10.4 Å². The fourth-order valence-electron chi connectivity index (χ4n) is 1.67. The van der Waals surface area contributed by atoms with Gasteiger partial charge in [0.25, 0.3) is 0 Å². The molecule has 0 saturated carbocycles. The minimum Gasteiger partial charge on any atom is -0.388 e. The predicted octanol–water partition coefficient (Wildman–Crippen LogP) is 1.86. The Hall–Kier alpha value is -1.35. The van der Waals surface area contributed by atoms with Crippen molar-refractivity contribution in [3.63, 3.8) is 0 Å². The summed E-state index contributed by atoms with van der Waals surface area (Å²) in [6.07, 6.45) is 0.256. The number of aryl methyl sites for hydroxylation is 2. The summed E-state index contributed by atoms with van der Waals surface area (Å²) < 4.78 is 0. The first kappa shape index (κ1) is 12.7. The van der Waals surface area contributed by atoms with Crippen LogP contribution in [-0.4, -0.2) is 18.1 Å². The van der Waals surface area contributed by atoms with E-state index >= 15 is 0 Å². The average molecular weight is 221 g/mol. The van der Waals surface area contributed by atoms with Crippen molar-refractivity contribution in [2.75, 3.05) is 7.05 Å². The van der Waals surface area contributed by atoms with E-state index < -0.39 is 6.10 Å². The fraction of sp³-hybridized carbons (Fsp3) is 0.462. The molecular formula is C13H19NO2. The fourth-order valence-corrected chi connectivity index (χ4v) is 1.67.